The highest BCUT2D eigenvalue weighted by Gasteiger charge is 2.36. The van der Waals surface area contributed by atoms with Crippen LogP contribution in [0.15, 0.2) is 53.4 Å². The van der Waals surface area contributed by atoms with Crippen molar-refractivity contribution in [1.82, 2.24) is 14.2 Å². The number of carbonyl (C=O) groups is 1. The predicted molar refractivity (Wildman–Crippen MR) is 133 cm³/mol. The molecular weight excluding hydrogens is 470 g/mol. The summed E-state index contributed by atoms with van der Waals surface area (Å²) >= 11 is 1.71. The number of methoxy groups -OCH3 is 1. The van der Waals surface area contributed by atoms with E-state index in [1.807, 2.05) is 23.1 Å². The number of hydrogen-bond donors (Lipinski definition) is 0. The highest BCUT2D eigenvalue weighted by molar-refractivity contribution is 7.89. The number of aromatic nitrogens is 1. The third-order valence-electron chi connectivity index (χ3n) is 6.82. The van der Waals surface area contributed by atoms with E-state index in [1.54, 1.807) is 42.7 Å². The molecule has 2 fully saturated rings. The molecule has 0 N–H and O–H groups in total. The zero-order valence-corrected chi connectivity index (χ0v) is 20.9. The van der Waals surface area contributed by atoms with Crippen LogP contribution in [0.2, 0.25) is 0 Å². The fourth-order valence-corrected chi connectivity index (χ4v) is 7.58. The number of benzene rings is 2. The molecule has 1 aromatic heterocycles. The number of nitrogens with zero attached hydrogens (tertiary/aromatic N) is 3. The highest BCUT2D eigenvalue weighted by Crippen LogP contribution is 2.34. The van der Waals surface area contributed by atoms with Gasteiger partial charge < -0.3 is 9.64 Å². The molecule has 9 heteroatoms. The number of carbonyl (C=O) groups excluding carboxylic acids is 1. The van der Waals surface area contributed by atoms with Gasteiger partial charge in [-0.05, 0) is 62.1 Å². The summed E-state index contributed by atoms with van der Waals surface area (Å²) in [6, 6.07) is 14.6. The molecule has 3 heterocycles. The van der Waals surface area contributed by atoms with E-state index in [1.165, 1.54) is 9.01 Å². The summed E-state index contributed by atoms with van der Waals surface area (Å²) in [4.78, 5) is 20.5. The minimum atomic E-state index is -3.65. The lowest BCUT2D eigenvalue weighted by Crippen LogP contribution is -2.48. The number of rotatable bonds is 5. The standard InChI is InChI=1S/C25H29N3O4S2/c1-32-20-10-12-21(13-11-20)34(30,31)28-15-5-7-19(17-28)25(29)27-14-4-6-18(16-27)24-26-22-8-2-3-9-23(22)33-24/h2-3,8-13,18-19H,4-7,14-17H2,1H3. The van der Waals surface area contributed by atoms with Gasteiger partial charge >= 0.3 is 0 Å². The van der Waals surface area contributed by atoms with Crippen LogP contribution in [-0.2, 0) is 14.8 Å². The van der Waals surface area contributed by atoms with Crippen molar-refractivity contribution >= 4 is 37.5 Å². The van der Waals surface area contributed by atoms with Crippen LogP contribution in [0.25, 0.3) is 10.2 Å². The monoisotopic (exact) mass is 499 g/mol. The molecule has 2 aliphatic heterocycles. The first-order valence-electron chi connectivity index (χ1n) is 11.7. The first-order chi connectivity index (χ1) is 16.5. The van der Waals surface area contributed by atoms with E-state index in [-0.39, 0.29) is 29.2 Å². The lowest BCUT2D eigenvalue weighted by molar-refractivity contribution is -0.137. The minimum Gasteiger partial charge on any atom is -0.497 e. The highest BCUT2D eigenvalue weighted by atomic mass is 32.2. The normalized spacial score (nSPS) is 22.1. The Bertz CT molecular complexity index is 1240. The van der Waals surface area contributed by atoms with Gasteiger partial charge in [-0.15, -0.1) is 11.3 Å². The zero-order chi connectivity index (χ0) is 23.7. The fourth-order valence-electron chi connectivity index (χ4n) is 4.96. The second-order valence-corrected chi connectivity index (χ2v) is 12.0. The Balaban J connectivity index is 1.28. The number of para-hydroxylation sites is 1. The summed E-state index contributed by atoms with van der Waals surface area (Å²) < 4.78 is 34.2. The Morgan fingerprint density at radius 2 is 1.79 bits per heavy atom. The SMILES string of the molecule is COc1ccc(S(=O)(=O)N2CCCC(C(=O)N3CCCC(c4nc5ccccc5s4)C3)C2)cc1. The second-order valence-electron chi connectivity index (χ2n) is 9.02. The van der Waals surface area contributed by atoms with Crippen molar-refractivity contribution in [3.05, 3.63) is 53.5 Å². The quantitative estimate of drug-likeness (QED) is 0.528. The molecule has 0 radical (unpaired) electrons. The number of amides is 1. The van der Waals surface area contributed by atoms with Crippen LogP contribution >= 0.6 is 11.3 Å². The van der Waals surface area contributed by atoms with Gasteiger partial charge in [-0.3, -0.25) is 4.79 Å². The van der Waals surface area contributed by atoms with E-state index >= 15 is 0 Å². The number of piperidine rings is 2. The van der Waals surface area contributed by atoms with Crippen molar-refractivity contribution in [3.63, 3.8) is 0 Å². The Labute approximate surface area is 204 Å². The van der Waals surface area contributed by atoms with Gasteiger partial charge in [-0.25, -0.2) is 13.4 Å². The van der Waals surface area contributed by atoms with Crippen molar-refractivity contribution in [2.75, 3.05) is 33.3 Å². The maximum atomic E-state index is 13.5. The summed E-state index contributed by atoms with van der Waals surface area (Å²) in [6.07, 6.45) is 3.36. The number of fused-ring (bicyclic) bond motifs is 1. The lowest BCUT2D eigenvalue weighted by Gasteiger charge is -2.37. The van der Waals surface area contributed by atoms with Crippen molar-refractivity contribution in [2.24, 2.45) is 5.92 Å². The molecule has 1 amide bonds. The number of sulfonamides is 1. The first kappa shape index (κ1) is 23.3. The molecule has 2 aliphatic rings. The lowest BCUT2D eigenvalue weighted by atomic mass is 9.94. The molecule has 5 rings (SSSR count). The van der Waals surface area contributed by atoms with E-state index in [0.717, 1.165) is 36.3 Å². The Morgan fingerprint density at radius 1 is 1.03 bits per heavy atom. The summed E-state index contributed by atoms with van der Waals surface area (Å²) in [6.45, 7) is 2.05. The van der Waals surface area contributed by atoms with Gasteiger partial charge in [-0.1, -0.05) is 12.1 Å². The Morgan fingerprint density at radius 3 is 2.56 bits per heavy atom. The third-order valence-corrected chi connectivity index (χ3v) is 9.90. The predicted octanol–water partition coefficient (Wildman–Crippen LogP) is 4.11. The van der Waals surface area contributed by atoms with Crippen LogP contribution < -0.4 is 4.74 Å². The van der Waals surface area contributed by atoms with Gasteiger partial charge in [0.1, 0.15) is 5.75 Å². The maximum Gasteiger partial charge on any atom is 0.243 e. The van der Waals surface area contributed by atoms with E-state index in [9.17, 15) is 13.2 Å². The summed E-state index contributed by atoms with van der Waals surface area (Å²) in [7, 11) is -2.11. The maximum absolute atomic E-state index is 13.5. The van der Waals surface area contributed by atoms with Crippen LogP contribution in [0.5, 0.6) is 5.75 Å². The molecule has 3 aromatic rings. The van der Waals surface area contributed by atoms with E-state index in [4.69, 9.17) is 9.72 Å². The molecule has 2 atom stereocenters. The fraction of sp³-hybridized carbons (Fsp3) is 0.440. The van der Waals surface area contributed by atoms with Crippen molar-refractivity contribution in [3.8, 4) is 5.75 Å². The van der Waals surface area contributed by atoms with Gasteiger partial charge in [0.15, 0.2) is 0 Å². The van der Waals surface area contributed by atoms with Crippen LogP contribution in [-0.4, -0.2) is 61.8 Å². The van der Waals surface area contributed by atoms with E-state index < -0.39 is 10.0 Å². The molecule has 0 spiro atoms. The average molecular weight is 500 g/mol. The van der Waals surface area contributed by atoms with Crippen LogP contribution in [0.3, 0.4) is 0 Å². The van der Waals surface area contributed by atoms with Crippen molar-refractivity contribution in [1.29, 1.82) is 0 Å². The first-order valence-corrected chi connectivity index (χ1v) is 14.0. The molecule has 2 saturated heterocycles. The van der Waals surface area contributed by atoms with Crippen molar-refractivity contribution in [2.45, 2.75) is 36.5 Å². The van der Waals surface area contributed by atoms with Gasteiger partial charge in [0.2, 0.25) is 15.9 Å². The van der Waals surface area contributed by atoms with Crippen molar-refractivity contribution < 1.29 is 17.9 Å². The van der Waals surface area contributed by atoms with Crippen LogP contribution in [0, 0.1) is 5.92 Å². The zero-order valence-electron chi connectivity index (χ0n) is 19.2. The summed E-state index contributed by atoms with van der Waals surface area (Å²) in [5.74, 6) is 0.604. The summed E-state index contributed by atoms with van der Waals surface area (Å²) in [5.41, 5.74) is 1.01. The average Bonchev–Trinajstić information content (AvgIpc) is 3.33. The third kappa shape index (κ3) is 4.56. The molecular formula is C25H29N3O4S2. The van der Waals surface area contributed by atoms with Crippen LogP contribution in [0.4, 0.5) is 0 Å². The number of hydrogen-bond acceptors (Lipinski definition) is 6. The second kappa shape index (κ2) is 9.64. The smallest absolute Gasteiger partial charge is 0.243 e. The number of likely N-dealkylation sites (tertiary alicyclic amines) is 1. The molecule has 2 unspecified atom stereocenters. The van der Waals surface area contributed by atoms with E-state index in [0.29, 0.717) is 25.3 Å². The molecule has 0 saturated carbocycles. The topological polar surface area (TPSA) is 79.8 Å². The largest absolute Gasteiger partial charge is 0.497 e. The minimum absolute atomic E-state index is 0.0699. The molecule has 34 heavy (non-hydrogen) atoms. The molecule has 7 nitrogen and oxygen atoms in total. The van der Waals surface area contributed by atoms with Crippen LogP contribution in [0.1, 0.15) is 36.6 Å². The molecule has 2 aromatic carbocycles. The Hall–Kier alpha value is -2.49. The summed E-state index contributed by atoms with van der Waals surface area (Å²) in [5, 5.41) is 1.09. The molecule has 180 valence electrons. The number of thiazole rings is 1. The van der Waals surface area contributed by atoms with E-state index in [2.05, 4.69) is 6.07 Å². The molecule has 0 aliphatic carbocycles. The number of ether oxygens (including phenoxy) is 1. The van der Waals surface area contributed by atoms with Gasteiger partial charge in [0, 0.05) is 32.1 Å². The van der Waals surface area contributed by atoms with Gasteiger partial charge in [0.25, 0.3) is 0 Å². The van der Waals surface area contributed by atoms with Gasteiger partial charge in [-0.2, -0.15) is 4.31 Å². The Kier molecular flexibility index (Phi) is 6.59. The van der Waals surface area contributed by atoms with Gasteiger partial charge in [0.05, 0.1) is 33.1 Å². The molecule has 0 bridgehead atoms.